The van der Waals surface area contributed by atoms with E-state index in [2.05, 4.69) is 5.32 Å². The molecule has 1 N–H and O–H groups in total. The number of hydrogen-bond donors (Lipinski definition) is 1. The standard InChI is InChI=1S/C28H32ClN3O4S/c1-20(28(34)30-25-12-5-6-13-25)32(18-21-8-7-11-24(29)16-21)27(33)19-31(2)37(35,36)26-15-14-22-9-3-4-10-23(22)17-26/h3-4,7-11,14-17,20,25H,5-6,12-13,18-19H2,1-2H3,(H,30,34)/t20-/m1/s1. The molecule has 2 amide bonds. The Hall–Kier alpha value is -2.94. The second kappa shape index (κ2) is 11.6. The third kappa shape index (κ3) is 6.50. The second-order valence-corrected chi connectivity index (χ2v) is 12.1. The van der Waals surface area contributed by atoms with Crippen LogP contribution in [0.2, 0.25) is 5.02 Å². The minimum Gasteiger partial charge on any atom is -0.352 e. The van der Waals surface area contributed by atoms with Crippen LogP contribution in [0.3, 0.4) is 0 Å². The first kappa shape index (κ1) is 27.1. The fourth-order valence-electron chi connectivity index (χ4n) is 4.68. The van der Waals surface area contributed by atoms with E-state index < -0.39 is 28.5 Å². The van der Waals surface area contributed by atoms with Crippen LogP contribution < -0.4 is 5.32 Å². The third-order valence-electron chi connectivity index (χ3n) is 6.90. The normalized spacial score (nSPS) is 15.1. The van der Waals surface area contributed by atoms with Crippen molar-refractivity contribution in [3.8, 4) is 0 Å². The molecule has 4 rings (SSSR count). The molecular weight excluding hydrogens is 510 g/mol. The summed E-state index contributed by atoms with van der Waals surface area (Å²) in [7, 11) is -2.56. The highest BCUT2D eigenvalue weighted by molar-refractivity contribution is 7.89. The Balaban J connectivity index is 1.54. The van der Waals surface area contributed by atoms with Gasteiger partial charge in [-0.2, -0.15) is 4.31 Å². The average molecular weight is 542 g/mol. The summed E-state index contributed by atoms with van der Waals surface area (Å²) in [5, 5.41) is 5.28. The monoisotopic (exact) mass is 541 g/mol. The van der Waals surface area contributed by atoms with E-state index in [0.717, 1.165) is 46.3 Å². The number of nitrogens with zero attached hydrogens (tertiary/aromatic N) is 2. The van der Waals surface area contributed by atoms with E-state index in [0.29, 0.717) is 5.02 Å². The molecule has 1 atom stereocenters. The molecule has 7 nitrogen and oxygen atoms in total. The van der Waals surface area contributed by atoms with Crippen LogP contribution in [0.15, 0.2) is 71.6 Å². The number of likely N-dealkylation sites (N-methyl/N-ethyl adjacent to an activating group) is 1. The van der Waals surface area contributed by atoms with Crippen LogP contribution in [0.4, 0.5) is 0 Å². The van der Waals surface area contributed by atoms with Crippen molar-refractivity contribution >= 4 is 44.2 Å². The van der Waals surface area contributed by atoms with Gasteiger partial charge in [0.1, 0.15) is 6.04 Å². The first-order chi connectivity index (χ1) is 17.6. The third-order valence-corrected chi connectivity index (χ3v) is 8.93. The predicted molar refractivity (Wildman–Crippen MR) is 146 cm³/mol. The summed E-state index contributed by atoms with van der Waals surface area (Å²) in [6.45, 7) is 1.39. The van der Waals surface area contributed by atoms with Crippen molar-refractivity contribution in [1.29, 1.82) is 0 Å². The minimum absolute atomic E-state index is 0.106. The van der Waals surface area contributed by atoms with Gasteiger partial charge in [-0.1, -0.05) is 66.9 Å². The Morgan fingerprint density at radius 1 is 1.00 bits per heavy atom. The van der Waals surface area contributed by atoms with Gasteiger partial charge in [-0.15, -0.1) is 0 Å². The largest absolute Gasteiger partial charge is 0.352 e. The summed E-state index contributed by atoms with van der Waals surface area (Å²) in [6.07, 6.45) is 3.99. The van der Waals surface area contributed by atoms with Crippen LogP contribution in [0, 0.1) is 0 Å². The van der Waals surface area contributed by atoms with Crippen molar-refractivity contribution in [3.63, 3.8) is 0 Å². The Kier molecular flexibility index (Phi) is 8.52. The zero-order valence-corrected chi connectivity index (χ0v) is 22.6. The molecule has 1 fully saturated rings. The zero-order valence-electron chi connectivity index (χ0n) is 21.1. The lowest BCUT2D eigenvalue weighted by Crippen LogP contribution is -2.52. The molecule has 9 heteroatoms. The molecule has 1 aliphatic carbocycles. The molecule has 0 bridgehead atoms. The number of nitrogens with one attached hydrogen (secondary N) is 1. The highest BCUT2D eigenvalue weighted by Gasteiger charge is 2.31. The molecule has 196 valence electrons. The smallest absolute Gasteiger partial charge is 0.243 e. The van der Waals surface area contributed by atoms with Gasteiger partial charge in [0.25, 0.3) is 0 Å². The number of halogens is 1. The molecule has 0 radical (unpaired) electrons. The number of sulfonamides is 1. The molecule has 3 aromatic rings. The lowest BCUT2D eigenvalue weighted by atomic mass is 10.1. The lowest BCUT2D eigenvalue weighted by Gasteiger charge is -2.31. The number of rotatable bonds is 9. The van der Waals surface area contributed by atoms with E-state index in [1.807, 2.05) is 30.3 Å². The van der Waals surface area contributed by atoms with Crippen molar-refractivity contribution in [3.05, 3.63) is 77.3 Å². The van der Waals surface area contributed by atoms with Crippen molar-refractivity contribution in [1.82, 2.24) is 14.5 Å². The van der Waals surface area contributed by atoms with Crippen LogP contribution in [0.5, 0.6) is 0 Å². The van der Waals surface area contributed by atoms with Crippen LogP contribution in [-0.4, -0.2) is 55.1 Å². The van der Waals surface area contributed by atoms with E-state index in [1.165, 1.54) is 11.9 Å². The number of carbonyl (C=O) groups excluding carboxylic acids is 2. The van der Waals surface area contributed by atoms with E-state index in [4.69, 9.17) is 11.6 Å². The second-order valence-electron chi connectivity index (χ2n) is 9.59. The quantitative estimate of drug-likeness (QED) is 0.429. The summed E-state index contributed by atoms with van der Waals surface area (Å²) in [5.74, 6) is -0.719. The van der Waals surface area contributed by atoms with Gasteiger partial charge in [-0.05, 0) is 60.4 Å². The number of carbonyl (C=O) groups is 2. The van der Waals surface area contributed by atoms with Gasteiger partial charge in [0, 0.05) is 24.7 Å². The summed E-state index contributed by atoms with van der Waals surface area (Å²) in [5.41, 5.74) is 0.751. The van der Waals surface area contributed by atoms with Crippen molar-refractivity contribution < 1.29 is 18.0 Å². The maximum Gasteiger partial charge on any atom is 0.243 e. The van der Waals surface area contributed by atoms with Crippen LogP contribution >= 0.6 is 11.6 Å². The maximum absolute atomic E-state index is 13.5. The Morgan fingerprint density at radius 2 is 1.70 bits per heavy atom. The Morgan fingerprint density at radius 3 is 2.41 bits per heavy atom. The number of benzene rings is 3. The summed E-state index contributed by atoms with van der Waals surface area (Å²) in [4.78, 5) is 28.1. The van der Waals surface area contributed by atoms with Crippen LogP contribution in [-0.2, 0) is 26.2 Å². The average Bonchev–Trinajstić information content (AvgIpc) is 3.39. The van der Waals surface area contributed by atoms with E-state index in [1.54, 1.807) is 43.3 Å². The molecule has 1 saturated carbocycles. The van der Waals surface area contributed by atoms with Gasteiger partial charge < -0.3 is 10.2 Å². The van der Waals surface area contributed by atoms with Gasteiger partial charge in [0.05, 0.1) is 11.4 Å². The summed E-state index contributed by atoms with van der Waals surface area (Å²) >= 11 is 6.15. The fourth-order valence-corrected chi connectivity index (χ4v) is 6.05. The molecule has 0 aromatic heterocycles. The molecule has 0 spiro atoms. The lowest BCUT2D eigenvalue weighted by molar-refractivity contribution is -0.140. The van der Waals surface area contributed by atoms with Crippen molar-refractivity contribution in [2.45, 2.75) is 56.1 Å². The maximum atomic E-state index is 13.5. The van der Waals surface area contributed by atoms with Crippen LogP contribution in [0.25, 0.3) is 10.8 Å². The molecule has 1 aliphatic rings. The minimum atomic E-state index is -3.94. The molecule has 0 heterocycles. The SMILES string of the molecule is C[C@H](C(=O)NC1CCCC1)N(Cc1cccc(Cl)c1)C(=O)CN(C)S(=O)(=O)c1ccc2ccccc2c1. The van der Waals surface area contributed by atoms with Gasteiger partial charge in [0.2, 0.25) is 21.8 Å². The first-order valence-corrected chi connectivity index (χ1v) is 14.3. The van der Waals surface area contributed by atoms with Crippen molar-refractivity contribution in [2.75, 3.05) is 13.6 Å². The van der Waals surface area contributed by atoms with Gasteiger partial charge in [0.15, 0.2) is 0 Å². The highest BCUT2D eigenvalue weighted by atomic mass is 35.5. The van der Waals surface area contributed by atoms with Crippen molar-refractivity contribution in [2.24, 2.45) is 0 Å². The topological polar surface area (TPSA) is 86.8 Å². The van der Waals surface area contributed by atoms with E-state index >= 15 is 0 Å². The fraction of sp³-hybridized carbons (Fsp3) is 0.357. The predicted octanol–water partition coefficient (Wildman–Crippen LogP) is 4.59. The molecule has 0 aliphatic heterocycles. The highest BCUT2D eigenvalue weighted by Crippen LogP contribution is 2.23. The van der Waals surface area contributed by atoms with Gasteiger partial charge in [-0.3, -0.25) is 9.59 Å². The van der Waals surface area contributed by atoms with Gasteiger partial charge >= 0.3 is 0 Å². The zero-order chi connectivity index (χ0) is 26.6. The summed E-state index contributed by atoms with van der Waals surface area (Å²) in [6, 6.07) is 18.8. The number of hydrogen-bond acceptors (Lipinski definition) is 4. The number of fused-ring (bicyclic) bond motifs is 1. The Bertz CT molecular complexity index is 1390. The van der Waals surface area contributed by atoms with Gasteiger partial charge in [-0.25, -0.2) is 8.42 Å². The number of amides is 2. The van der Waals surface area contributed by atoms with Crippen LogP contribution in [0.1, 0.15) is 38.2 Å². The molecule has 37 heavy (non-hydrogen) atoms. The molecule has 3 aromatic carbocycles. The molecule has 0 saturated heterocycles. The van der Waals surface area contributed by atoms with E-state index in [-0.39, 0.29) is 23.4 Å². The first-order valence-electron chi connectivity index (χ1n) is 12.4. The summed E-state index contributed by atoms with van der Waals surface area (Å²) < 4.78 is 27.7. The molecular formula is C28H32ClN3O4S. The Labute approximate surface area is 223 Å². The van der Waals surface area contributed by atoms with E-state index in [9.17, 15) is 18.0 Å². The molecule has 0 unspecified atom stereocenters.